The molecule has 2 N–H and O–H groups in total. The molecular weight excluding hydrogens is 292 g/mol. The van der Waals surface area contributed by atoms with Crippen LogP contribution < -0.4 is 5.32 Å². The van der Waals surface area contributed by atoms with Crippen LogP contribution in [0.25, 0.3) is 10.9 Å². The van der Waals surface area contributed by atoms with E-state index in [0.29, 0.717) is 6.42 Å². The maximum Gasteiger partial charge on any atom is 0.346 e. The molecular formula is C17H20N4O2. The highest BCUT2D eigenvalue weighted by molar-refractivity contribution is 6.08. The van der Waals surface area contributed by atoms with Crippen molar-refractivity contribution in [3.63, 3.8) is 0 Å². The third-order valence-electron chi connectivity index (χ3n) is 4.47. The molecule has 1 aromatic heterocycles. The molecule has 0 saturated carbocycles. The first-order valence-electron chi connectivity index (χ1n) is 7.80. The second kappa shape index (κ2) is 5.53. The van der Waals surface area contributed by atoms with Crippen molar-refractivity contribution in [3.05, 3.63) is 35.5 Å². The number of benzene rings is 1. The Balaban J connectivity index is 1.92. The Kier molecular flexibility index (Phi) is 3.67. The molecule has 1 aromatic carbocycles. The van der Waals surface area contributed by atoms with Crippen LogP contribution in [0.4, 0.5) is 4.79 Å². The Bertz CT molecular complexity index is 808. The van der Waals surface area contributed by atoms with Gasteiger partial charge in [0.15, 0.2) is 0 Å². The van der Waals surface area contributed by atoms with Gasteiger partial charge in [0.05, 0.1) is 6.21 Å². The van der Waals surface area contributed by atoms with Crippen LogP contribution in [-0.4, -0.2) is 33.7 Å². The molecule has 0 bridgehead atoms. The summed E-state index contributed by atoms with van der Waals surface area (Å²) in [6.45, 7) is 5.67. The van der Waals surface area contributed by atoms with Crippen molar-refractivity contribution in [2.24, 2.45) is 5.10 Å². The lowest BCUT2D eigenvalue weighted by molar-refractivity contribution is -0.130. The van der Waals surface area contributed by atoms with Gasteiger partial charge in [-0.25, -0.2) is 4.79 Å². The Morgan fingerprint density at radius 2 is 2.09 bits per heavy atom. The highest BCUT2D eigenvalue weighted by Crippen LogP contribution is 2.23. The van der Waals surface area contributed by atoms with Gasteiger partial charge in [0.25, 0.3) is 5.91 Å². The van der Waals surface area contributed by atoms with E-state index in [0.717, 1.165) is 27.9 Å². The van der Waals surface area contributed by atoms with Crippen molar-refractivity contribution in [2.45, 2.75) is 39.2 Å². The van der Waals surface area contributed by atoms with Gasteiger partial charge in [-0.2, -0.15) is 5.10 Å². The highest BCUT2D eigenvalue weighted by Gasteiger charge is 2.46. The molecule has 0 radical (unpaired) electrons. The fourth-order valence-electron chi connectivity index (χ4n) is 2.77. The van der Waals surface area contributed by atoms with Gasteiger partial charge in [0.2, 0.25) is 0 Å². The minimum Gasteiger partial charge on any atom is -0.360 e. The van der Waals surface area contributed by atoms with Crippen molar-refractivity contribution in [1.82, 2.24) is 15.3 Å². The SMILES string of the molecule is CCc1cccc2c(/C=N/N3C(=O)N[C@@](C)(CC)C3=O)c[nH]c12. The van der Waals surface area contributed by atoms with Gasteiger partial charge in [-0.05, 0) is 25.3 Å². The van der Waals surface area contributed by atoms with Crippen LogP contribution in [0.1, 0.15) is 38.3 Å². The lowest BCUT2D eigenvalue weighted by Crippen LogP contribution is -2.42. The van der Waals surface area contributed by atoms with Crippen LogP contribution in [0, 0.1) is 0 Å². The summed E-state index contributed by atoms with van der Waals surface area (Å²) in [6, 6.07) is 5.58. The lowest BCUT2D eigenvalue weighted by Gasteiger charge is -2.17. The van der Waals surface area contributed by atoms with Gasteiger partial charge in [-0.3, -0.25) is 4.79 Å². The highest BCUT2D eigenvalue weighted by atomic mass is 16.2. The van der Waals surface area contributed by atoms with Crippen LogP contribution in [-0.2, 0) is 11.2 Å². The minimum atomic E-state index is -0.871. The Hall–Kier alpha value is -2.63. The number of carbonyl (C=O) groups excluding carboxylic acids is 2. The maximum absolute atomic E-state index is 12.3. The number of carbonyl (C=O) groups is 2. The average molecular weight is 312 g/mol. The Morgan fingerprint density at radius 1 is 1.30 bits per heavy atom. The van der Waals surface area contributed by atoms with Crippen LogP contribution in [0.15, 0.2) is 29.5 Å². The van der Waals surface area contributed by atoms with Gasteiger partial charge in [0.1, 0.15) is 5.54 Å². The van der Waals surface area contributed by atoms with Crippen molar-refractivity contribution < 1.29 is 9.59 Å². The molecule has 2 heterocycles. The fourth-order valence-corrected chi connectivity index (χ4v) is 2.77. The molecule has 1 aliphatic rings. The molecule has 6 nitrogen and oxygen atoms in total. The van der Waals surface area contributed by atoms with Crippen LogP contribution >= 0.6 is 0 Å². The number of imide groups is 1. The zero-order chi connectivity index (χ0) is 16.6. The van der Waals surface area contributed by atoms with Crippen molar-refractivity contribution in [3.8, 4) is 0 Å². The normalized spacial score (nSPS) is 21.6. The Morgan fingerprint density at radius 3 is 2.74 bits per heavy atom. The molecule has 0 unspecified atom stereocenters. The van der Waals surface area contributed by atoms with Crippen LogP contribution in [0.5, 0.6) is 0 Å². The molecule has 6 heteroatoms. The first kappa shape index (κ1) is 15.3. The number of nitrogens with zero attached hydrogens (tertiary/aromatic N) is 2. The number of amides is 3. The van der Waals surface area contributed by atoms with E-state index in [1.165, 1.54) is 5.56 Å². The molecule has 3 rings (SSSR count). The van der Waals surface area contributed by atoms with Crippen molar-refractivity contribution >= 4 is 29.1 Å². The predicted molar refractivity (Wildman–Crippen MR) is 89.3 cm³/mol. The van der Waals surface area contributed by atoms with Gasteiger partial charge >= 0.3 is 6.03 Å². The van der Waals surface area contributed by atoms with E-state index in [4.69, 9.17) is 0 Å². The van der Waals surface area contributed by atoms with Gasteiger partial charge < -0.3 is 10.3 Å². The van der Waals surface area contributed by atoms with E-state index in [9.17, 15) is 9.59 Å². The number of hydrogen-bond acceptors (Lipinski definition) is 3. The second-order valence-corrected chi connectivity index (χ2v) is 5.91. The quantitative estimate of drug-likeness (QED) is 0.672. The Labute approximate surface area is 134 Å². The molecule has 23 heavy (non-hydrogen) atoms. The van der Waals surface area contributed by atoms with E-state index in [2.05, 4.69) is 28.4 Å². The van der Waals surface area contributed by atoms with Gasteiger partial charge in [-0.1, -0.05) is 32.0 Å². The van der Waals surface area contributed by atoms with E-state index in [1.807, 2.05) is 25.3 Å². The summed E-state index contributed by atoms with van der Waals surface area (Å²) in [5.41, 5.74) is 2.26. The number of rotatable bonds is 4. The second-order valence-electron chi connectivity index (χ2n) is 5.91. The number of H-pyrrole nitrogens is 1. The number of aromatic amines is 1. The maximum atomic E-state index is 12.3. The van der Waals surface area contributed by atoms with Crippen LogP contribution in [0.2, 0.25) is 0 Å². The molecule has 2 aromatic rings. The summed E-state index contributed by atoms with van der Waals surface area (Å²) >= 11 is 0. The fraction of sp³-hybridized carbons (Fsp3) is 0.353. The molecule has 1 fully saturated rings. The molecule has 1 atom stereocenters. The summed E-state index contributed by atoms with van der Waals surface area (Å²) in [5.74, 6) is -0.324. The largest absolute Gasteiger partial charge is 0.360 e. The molecule has 0 aliphatic carbocycles. The first-order valence-corrected chi connectivity index (χ1v) is 7.80. The number of urea groups is 1. The number of para-hydroxylation sites is 1. The number of aromatic nitrogens is 1. The summed E-state index contributed by atoms with van der Waals surface area (Å²) in [4.78, 5) is 27.5. The summed E-state index contributed by atoms with van der Waals surface area (Å²) in [6.07, 6.45) is 4.84. The van der Waals surface area contributed by atoms with E-state index in [-0.39, 0.29) is 5.91 Å². The molecule has 0 spiro atoms. The summed E-state index contributed by atoms with van der Waals surface area (Å²) in [5, 5.41) is 8.72. The van der Waals surface area contributed by atoms with Crippen molar-refractivity contribution in [2.75, 3.05) is 0 Å². The number of fused-ring (bicyclic) bond motifs is 1. The van der Waals surface area contributed by atoms with Gasteiger partial charge in [-0.15, -0.1) is 5.01 Å². The first-order chi connectivity index (χ1) is 11.0. The topological polar surface area (TPSA) is 77.6 Å². The van der Waals surface area contributed by atoms with E-state index in [1.54, 1.807) is 13.1 Å². The number of hydrazone groups is 1. The smallest absolute Gasteiger partial charge is 0.346 e. The minimum absolute atomic E-state index is 0.324. The molecule has 1 saturated heterocycles. The van der Waals surface area contributed by atoms with E-state index < -0.39 is 11.6 Å². The number of aryl methyl sites for hydroxylation is 1. The molecule has 1 aliphatic heterocycles. The standard InChI is InChI=1S/C17H20N4O2/c1-4-11-7-6-8-13-12(9-18-14(11)13)10-19-21-15(22)17(3,5-2)20-16(21)23/h6-10,18H,4-5H2,1-3H3,(H,20,23)/b19-10+/t17-/m0/s1. The summed E-state index contributed by atoms with van der Waals surface area (Å²) in [7, 11) is 0. The third-order valence-corrected chi connectivity index (χ3v) is 4.47. The van der Waals surface area contributed by atoms with E-state index >= 15 is 0 Å². The van der Waals surface area contributed by atoms with Crippen molar-refractivity contribution in [1.29, 1.82) is 0 Å². The number of hydrogen-bond donors (Lipinski definition) is 2. The zero-order valence-electron chi connectivity index (χ0n) is 13.5. The molecule has 120 valence electrons. The van der Waals surface area contributed by atoms with Crippen LogP contribution in [0.3, 0.4) is 0 Å². The average Bonchev–Trinajstić information content (AvgIpc) is 3.06. The zero-order valence-corrected chi connectivity index (χ0v) is 13.5. The number of nitrogens with one attached hydrogen (secondary N) is 2. The monoisotopic (exact) mass is 312 g/mol. The lowest BCUT2D eigenvalue weighted by atomic mass is 10.00. The predicted octanol–water partition coefficient (Wildman–Crippen LogP) is 2.78. The molecule has 3 amide bonds. The van der Waals surface area contributed by atoms with Gasteiger partial charge in [0, 0.05) is 22.7 Å². The third kappa shape index (κ3) is 2.40. The summed E-state index contributed by atoms with van der Waals surface area (Å²) < 4.78 is 0.